The highest BCUT2D eigenvalue weighted by Gasteiger charge is 2.31. The lowest BCUT2D eigenvalue weighted by Crippen LogP contribution is -2.44. The highest BCUT2D eigenvalue weighted by molar-refractivity contribution is 5.83. The monoisotopic (exact) mass is 283 g/mol. The zero-order chi connectivity index (χ0) is 15.2. The molecule has 0 aliphatic rings. The SMILES string of the molecule is CC(=O)N[C@@H](C(=O)O)C(c1ccccc1)c1ccccc1. The van der Waals surface area contributed by atoms with Gasteiger partial charge in [0.05, 0.1) is 0 Å². The molecule has 0 bridgehead atoms. The fourth-order valence-electron chi connectivity index (χ4n) is 2.40. The van der Waals surface area contributed by atoms with Crippen molar-refractivity contribution in [2.75, 3.05) is 0 Å². The highest BCUT2D eigenvalue weighted by Crippen LogP contribution is 2.28. The van der Waals surface area contributed by atoms with Gasteiger partial charge in [0.15, 0.2) is 0 Å². The van der Waals surface area contributed by atoms with Crippen LogP contribution in [0, 0.1) is 0 Å². The molecule has 21 heavy (non-hydrogen) atoms. The third kappa shape index (κ3) is 3.69. The van der Waals surface area contributed by atoms with E-state index in [4.69, 9.17) is 0 Å². The first kappa shape index (κ1) is 14.8. The number of carboxylic acids is 1. The van der Waals surface area contributed by atoms with Crippen molar-refractivity contribution in [1.82, 2.24) is 5.32 Å². The van der Waals surface area contributed by atoms with Crippen LogP contribution in [0.3, 0.4) is 0 Å². The molecule has 0 radical (unpaired) electrons. The first-order chi connectivity index (χ1) is 10.1. The molecule has 0 fully saturated rings. The normalized spacial score (nSPS) is 11.9. The zero-order valence-electron chi connectivity index (χ0n) is 11.7. The van der Waals surface area contributed by atoms with Crippen LogP contribution >= 0.6 is 0 Å². The van der Waals surface area contributed by atoms with E-state index in [1.807, 2.05) is 60.7 Å². The van der Waals surface area contributed by atoms with E-state index < -0.39 is 17.9 Å². The lowest BCUT2D eigenvalue weighted by Gasteiger charge is -2.25. The predicted octanol–water partition coefficient (Wildman–Crippen LogP) is 2.41. The molecule has 0 aliphatic carbocycles. The lowest BCUT2D eigenvalue weighted by atomic mass is 9.85. The first-order valence-electron chi connectivity index (χ1n) is 6.69. The standard InChI is InChI=1S/C17H17NO3/c1-12(19)18-16(17(20)21)15(13-8-4-2-5-9-13)14-10-6-3-7-11-14/h2-11,15-16H,1H3,(H,18,19)(H,20,21)/t16-/m1/s1. The Morgan fingerprint density at radius 1 is 0.905 bits per heavy atom. The van der Waals surface area contributed by atoms with Crippen LogP contribution in [0.2, 0.25) is 0 Å². The molecule has 4 nitrogen and oxygen atoms in total. The van der Waals surface area contributed by atoms with Gasteiger partial charge in [0.2, 0.25) is 5.91 Å². The minimum absolute atomic E-state index is 0.362. The Hall–Kier alpha value is -2.62. The van der Waals surface area contributed by atoms with Crippen LogP contribution in [0.1, 0.15) is 24.0 Å². The maximum absolute atomic E-state index is 11.6. The molecule has 2 aromatic rings. The van der Waals surface area contributed by atoms with Gasteiger partial charge >= 0.3 is 5.97 Å². The number of amides is 1. The summed E-state index contributed by atoms with van der Waals surface area (Å²) in [7, 11) is 0. The number of hydrogen-bond donors (Lipinski definition) is 2. The van der Waals surface area contributed by atoms with Crippen molar-refractivity contribution in [1.29, 1.82) is 0 Å². The molecule has 0 saturated carbocycles. The van der Waals surface area contributed by atoms with Crippen molar-refractivity contribution >= 4 is 11.9 Å². The minimum Gasteiger partial charge on any atom is -0.480 e. The third-order valence-electron chi connectivity index (χ3n) is 3.28. The molecule has 0 aromatic heterocycles. The first-order valence-corrected chi connectivity index (χ1v) is 6.69. The van der Waals surface area contributed by atoms with Gasteiger partial charge < -0.3 is 10.4 Å². The van der Waals surface area contributed by atoms with Crippen molar-refractivity contribution in [3.05, 3.63) is 71.8 Å². The van der Waals surface area contributed by atoms with Crippen LogP contribution in [0.25, 0.3) is 0 Å². The van der Waals surface area contributed by atoms with Gasteiger partial charge in [-0.05, 0) is 11.1 Å². The maximum Gasteiger partial charge on any atom is 0.327 e. The Morgan fingerprint density at radius 2 is 1.33 bits per heavy atom. The van der Waals surface area contributed by atoms with Gasteiger partial charge in [0.25, 0.3) is 0 Å². The van der Waals surface area contributed by atoms with E-state index in [0.29, 0.717) is 0 Å². The summed E-state index contributed by atoms with van der Waals surface area (Å²) in [4.78, 5) is 23.0. The van der Waals surface area contributed by atoms with Gasteiger partial charge in [-0.25, -0.2) is 4.79 Å². The van der Waals surface area contributed by atoms with Gasteiger partial charge in [-0.1, -0.05) is 60.7 Å². The second kappa shape index (κ2) is 6.70. The summed E-state index contributed by atoms with van der Waals surface area (Å²) in [5.74, 6) is -1.85. The van der Waals surface area contributed by atoms with Gasteiger partial charge in [-0.15, -0.1) is 0 Å². The van der Waals surface area contributed by atoms with Crippen molar-refractivity contribution < 1.29 is 14.7 Å². The largest absolute Gasteiger partial charge is 0.480 e. The van der Waals surface area contributed by atoms with Crippen molar-refractivity contribution in [2.45, 2.75) is 18.9 Å². The van der Waals surface area contributed by atoms with Crippen LogP contribution in [0.15, 0.2) is 60.7 Å². The summed E-state index contributed by atoms with van der Waals surface area (Å²) in [6.45, 7) is 1.32. The Morgan fingerprint density at radius 3 is 1.67 bits per heavy atom. The second-order valence-electron chi connectivity index (χ2n) is 4.82. The number of aliphatic carboxylic acids is 1. The fourth-order valence-corrected chi connectivity index (χ4v) is 2.40. The molecule has 108 valence electrons. The summed E-state index contributed by atoms with van der Waals surface area (Å²) in [5.41, 5.74) is 1.70. The van der Waals surface area contributed by atoms with Crippen LogP contribution in [0.4, 0.5) is 0 Å². The molecule has 0 aliphatic heterocycles. The Kier molecular flexibility index (Phi) is 4.72. The smallest absolute Gasteiger partial charge is 0.327 e. The zero-order valence-corrected chi connectivity index (χ0v) is 11.7. The number of carbonyl (C=O) groups excluding carboxylic acids is 1. The van der Waals surface area contributed by atoms with Crippen molar-refractivity contribution in [3.8, 4) is 0 Å². The minimum atomic E-state index is -1.05. The summed E-state index contributed by atoms with van der Waals surface area (Å²) in [5, 5.41) is 12.0. The average Bonchev–Trinajstić information content (AvgIpc) is 2.48. The molecular formula is C17H17NO3. The quantitative estimate of drug-likeness (QED) is 0.885. The summed E-state index contributed by atoms with van der Waals surface area (Å²) in [6, 6.07) is 17.7. The van der Waals surface area contributed by atoms with E-state index in [1.54, 1.807) is 0 Å². The number of carbonyl (C=O) groups is 2. The Labute approximate surface area is 123 Å². The van der Waals surface area contributed by atoms with E-state index in [9.17, 15) is 14.7 Å². The number of carboxylic acid groups (broad SMARTS) is 1. The molecular weight excluding hydrogens is 266 g/mol. The molecule has 2 aromatic carbocycles. The fraction of sp³-hybridized carbons (Fsp3) is 0.176. The maximum atomic E-state index is 11.6. The molecule has 0 heterocycles. The van der Waals surface area contributed by atoms with E-state index in [-0.39, 0.29) is 5.91 Å². The molecule has 0 unspecified atom stereocenters. The molecule has 4 heteroatoms. The van der Waals surface area contributed by atoms with Gasteiger partial charge in [-0.2, -0.15) is 0 Å². The number of benzene rings is 2. The molecule has 0 saturated heterocycles. The summed E-state index contributed by atoms with van der Waals surface area (Å²) >= 11 is 0. The molecule has 2 N–H and O–H groups in total. The average molecular weight is 283 g/mol. The number of hydrogen-bond acceptors (Lipinski definition) is 2. The van der Waals surface area contributed by atoms with Gasteiger partial charge in [0.1, 0.15) is 6.04 Å². The predicted molar refractivity (Wildman–Crippen MR) is 80.0 cm³/mol. The molecule has 1 amide bonds. The Bertz CT molecular complexity index is 571. The lowest BCUT2D eigenvalue weighted by molar-refractivity contribution is -0.141. The van der Waals surface area contributed by atoms with E-state index in [1.165, 1.54) is 6.92 Å². The van der Waals surface area contributed by atoms with Crippen LogP contribution in [0.5, 0.6) is 0 Å². The molecule has 1 atom stereocenters. The molecule has 0 spiro atoms. The van der Waals surface area contributed by atoms with Crippen molar-refractivity contribution in [3.63, 3.8) is 0 Å². The third-order valence-corrected chi connectivity index (χ3v) is 3.28. The van der Waals surface area contributed by atoms with Crippen molar-refractivity contribution in [2.24, 2.45) is 0 Å². The van der Waals surface area contributed by atoms with Gasteiger partial charge in [0, 0.05) is 12.8 Å². The topological polar surface area (TPSA) is 66.4 Å². The van der Waals surface area contributed by atoms with Gasteiger partial charge in [-0.3, -0.25) is 4.79 Å². The number of nitrogens with one attached hydrogen (secondary N) is 1. The number of rotatable bonds is 5. The summed E-state index contributed by atoms with van der Waals surface area (Å²) < 4.78 is 0. The van der Waals surface area contributed by atoms with E-state index in [2.05, 4.69) is 5.32 Å². The van der Waals surface area contributed by atoms with E-state index >= 15 is 0 Å². The van der Waals surface area contributed by atoms with Crippen LogP contribution in [-0.2, 0) is 9.59 Å². The summed E-state index contributed by atoms with van der Waals surface area (Å²) in [6.07, 6.45) is 0. The van der Waals surface area contributed by atoms with Crippen LogP contribution in [-0.4, -0.2) is 23.0 Å². The Balaban J connectivity index is 2.49. The molecule has 2 rings (SSSR count). The van der Waals surface area contributed by atoms with Crippen LogP contribution < -0.4 is 5.32 Å². The van der Waals surface area contributed by atoms with E-state index in [0.717, 1.165) is 11.1 Å². The highest BCUT2D eigenvalue weighted by atomic mass is 16.4. The second-order valence-corrected chi connectivity index (χ2v) is 4.82.